The van der Waals surface area contributed by atoms with Crippen molar-refractivity contribution >= 4 is 60.0 Å². The van der Waals surface area contributed by atoms with Crippen LogP contribution in [0.5, 0.6) is 0 Å². The zero-order chi connectivity index (χ0) is 31.2. The zero-order valence-corrected chi connectivity index (χ0v) is 25.5. The number of piperidine rings is 1. The second-order valence-electron chi connectivity index (χ2n) is 10.6. The van der Waals surface area contributed by atoms with Gasteiger partial charge in [-0.1, -0.05) is 0 Å². The number of hydrogen-bond acceptors (Lipinski definition) is 7. The average molecular weight is 639 g/mol. The molecule has 2 amide bonds. The maximum atomic E-state index is 13.7. The van der Waals surface area contributed by atoms with Gasteiger partial charge in [0.2, 0.25) is 10.0 Å². The minimum atomic E-state index is -3.71. The smallest absolute Gasteiger partial charge is 0.282 e. The van der Waals surface area contributed by atoms with Gasteiger partial charge in [0, 0.05) is 43.1 Å². The van der Waals surface area contributed by atoms with Crippen molar-refractivity contribution in [3.63, 3.8) is 0 Å². The molecule has 1 saturated heterocycles. The molecule has 3 heterocycles. The molecule has 1 fully saturated rings. The van der Waals surface area contributed by atoms with Crippen LogP contribution in [-0.4, -0.2) is 56.0 Å². The van der Waals surface area contributed by atoms with Gasteiger partial charge in [0.1, 0.15) is 23.0 Å². The van der Waals surface area contributed by atoms with E-state index in [1.165, 1.54) is 56.4 Å². The highest BCUT2D eigenvalue weighted by atomic mass is 32.2. The molecule has 0 unspecified atom stereocenters. The van der Waals surface area contributed by atoms with E-state index < -0.39 is 27.6 Å². The lowest BCUT2D eigenvalue weighted by Crippen LogP contribution is -2.39. The fraction of sp³-hybridized carbons (Fsp3) is 0.258. The fourth-order valence-electron chi connectivity index (χ4n) is 5.52. The Bertz CT molecular complexity index is 2020. The van der Waals surface area contributed by atoms with Crippen molar-refractivity contribution in [1.82, 2.24) is 15.2 Å². The Hall–Kier alpha value is -4.36. The third-order valence-corrected chi connectivity index (χ3v) is 10.0. The molecule has 2 aromatic heterocycles. The summed E-state index contributed by atoms with van der Waals surface area (Å²) in [5.74, 6) is -1.81. The number of fused-ring (bicyclic) bond motifs is 2. The quantitative estimate of drug-likeness (QED) is 0.221. The Morgan fingerprint density at radius 3 is 2.57 bits per heavy atom. The maximum Gasteiger partial charge on any atom is 0.282 e. The van der Waals surface area contributed by atoms with Gasteiger partial charge in [-0.15, -0.1) is 11.3 Å². The van der Waals surface area contributed by atoms with E-state index in [4.69, 9.17) is 4.42 Å². The summed E-state index contributed by atoms with van der Waals surface area (Å²) in [4.78, 5) is 32.8. The number of likely N-dealkylation sites (tertiary alicyclic amines) is 1. The predicted molar refractivity (Wildman–Crippen MR) is 166 cm³/mol. The molecule has 5 aromatic rings. The van der Waals surface area contributed by atoms with Gasteiger partial charge in [0.15, 0.2) is 5.01 Å². The van der Waals surface area contributed by atoms with Gasteiger partial charge in [-0.05, 0) is 73.9 Å². The van der Waals surface area contributed by atoms with Crippen LogP contribution >= 0.6 is 11.3 Å². The monoisotopic (exact) mass is 638 g/mol. The Labute approximate surface area is 255 Å². The molecule has 44 heavy (non-hydrogen) atoms. The van der Waals surface area contributed by atoms with Crippen LogP contribution in [0.4, 0.5) is 14.5 Å². The zero-order valence-electron chi connectivity index (χ0n) is 23.8. The van der Waals surface area contributed by atoms with E-state index in [-0.39, 0.29) is 51.7 Å². The number of nitrogens with zero attached hydrogens (tertiary/aromatic N) is 2. The summed E-state index contributed by atoms with van der Waals surface area (Å²) in [5, 5.41) is 3.33. The van der Waals surface area contributed by atoms with Crippen LogP contribution in [0.15, 0.2) is 59.0 Å². The van der Waals surface area contributed by atoms with Crippen LogP contribution in [-0.2, 0) is 10.0 Å². The third-order valence-electron chi connectivity index (χ3n) is 7.75. The SMILES string of the molecule is CCS(=O)(=O)Nc1cc2oc(-c3ccc(F)cc3)c(C(=O)NC)c2cc1[C@H]1CCCN(C(=O)c2nc3ccc(F)cc3s2)C1. The number of nitrogens with one attached hydrogen (secondary N) is 2. The van der Waals surface area contributed by atoms with Crippen LogP contribution in [0.1, 0.15) is 51.4 Å². The summed E-state index contributed by atoms with van der Waals surface area (Å²) in [6, 6.07) is 13.0. The van der Waals surface area contributed by atoms with Crippen LogP contribution in [0, 0.1) is 11.6 Å². The number of aromatic nitrogens is 1. The molecule has 1 atom stereocenters. The molecule has 9 nitrogen and oxygen atoms in total. The molecular weight excluding hydrogens is 610 g/mol. The number of rotatable bonds is 7. The van der Waals surface area contributed by atoms with Crippen molar-refractivity contribution < 1.29 is 31.2 Å². The van der Waals surface area contributed by atoms with E-state index in [0.29, 0.717) is 46.1 Å². The van der Waals surface area contributed by atoms with Gasteiger partial charge in [0.25, 0.3) is 11.8 Å². The van der Waals surface area contributed by atoms with E-state index in [1.807, 2.05) is 0 Å². The molecule has 3 aromatic carbocycles. The molecule has 0 saturated carbocycles. The molecule has 0 bridgehead atoms. The van der Waals surface area contributed by atoms with Crippen molar-refractivity contribution in [2.45, 2.75) is 25.7 Å². The summed E-state index contributed by atoms with van der Waals surface area (Å²) >= 11 is 1.12. The summed E-state index contributed by atoms with van der Waals surface area (Å²) in [7, 11) is -2.22. The highest BCUT2D eigenvalue weighted by Crippen LogP contribution is 2.41. The Morgan fingerprint density at radius 2 is 1.84 bits per heavy atom. The minimum absolute atomic E-state index is 0.166. The van der Waals surface area contributed by atoms with Crippen molar-refractivity contribution in [2.24, 2.45) is 0 Å². The molecule has 0 spiro atoms. The Morgan fingerprint density at radius 1 is 1.09 bits per heavy atom. The molecule has 2 N–H and O–H groups in total. The lowest BCUT2D eigenvalue weighted by Gasteiger charge is -2.33. The van der Waals surface area contributed by atoms with Crippen molar-refractivity contribution in [1.29, 1.82) is 0 Å². The number of carbonyl (C=O) groups is 2. The van der Waals surface area contributed by atoms with Gasteiger partial charge < -0.3 is 14.6 Å². The highest BCUT2D eigenvalue weighted by molar-refractivity contribution is 7.92. The number of halogens is 2. The number of amides is 2. The van der Waals surface area contributed by atoms with E-state index in [0.717, 1.165) is 11.3 Å². The van der Waals surface area contributed by atoms with E-state index >= 15 is 0 Å². The second-order valence-corrected chi connectivity index (χ2v) is 13.6. The molecule has 1 aliphatic rings. The van der Waals surface area contributed by atoms with E-state index in [9.17, 15) is 26.8 Å². The standard InChI is InChI=1S/C31H28F2N4O5S2/c1-3-44(40,41)36-24-15-25-22(27(29(38)34-2)28(42-25)17-6-8-19(32)9-7-17)14-21(24)18-5-4-12-37(16-18)31(39)30-35-23-11-10-20(33)13-26(23)43-30/h6-11,13-15,18,36H,3-5,12,16H2,1-2H3,(H,34,38)/t18-/m0/s1. The molecule has 228 valence electrons. The molecule has 6 rings (SSSR count). The van der Waals surface area contributed by atoms with Gasteiger partial charge in [-0.2, -0.15) is 0 Å². The summed E-state index contributed by atoms with van der Waals surface area (Å²) < 4.78 is 62.3. The minimum Gasteiger partial charge on any atom is -0.455 e. The summed E-state index contributed by atoms with van der Waals surface area (Å²) in [6.07, 6.45) is 1.29. The number of furan rings is 1. The number of anilines is 1. The van der Waals surface area contributed by atoms with Gasteiger partial charge in [-0.3, -0.25) is 14.3 Å². The molecule has 1 aliphatic heterocycles. The first-order valence-corrected chi connectivity index (χ1v) is 16.5. The lowest BCUT2D eigenvalue weighted by atomic mass is 9.88. The molecular formula is C31H28F2N4O5S2. The van der Waals surface area contributed by atoms with Gasteiger partial charge in [-0.25, -0.2) is 22.2 Å². The van der Waals surface area contributed by atoms with E-state index in [2.05, 4.69) is 15.0 Å². The number of hydrogen-bond donors (Lipinski definition) is 2. The number of benzene rings is 3. The van der Waals surface area contributed by atoms with Crippen molar-refractivity contribution in [3.8, 4) is 11.3 Å². The third kappa shape index (κ3) is 5.64. The van der Waals surface area contributed by atoms with Crippen LogP contribution in [0.25, 0.3) is 32.5 Å². The van der Waals surface area contributed by atoms with Crippen LogP contribution < -0.4 is 10.0 Å². The molecule has 13 heteroatoms. The molecule has 0 aliphatic carbocycles. The van der Waals surface area contributed by atoms with Gasteiger partial charge in [0.05, 0.1) is 27.2 Å². The first-order chi connectivity index (χ1) is 21.1. The second kappa shape index (κ2) is 11.6. The predicted octanol–water partition coefficient (Wildman–Crippen LogP) is 6.13. The van der Waals surface area contributed by atoms with Gasteiger partial charge >= 0.3 is 0 Å². The Balaban J connectivity index is 1.44. The fourth-order valence-corrected chi connectivity index (χ4v) is 7.14. The van der Waals surface area contributed by atoms with Crippen molar-refractivity contribution in [3.05, 3.63) is 82.4 Å². The highest BCUT2D eigenvalue weighted by Gasteiger charge is 2.31. The van der Waals surface area contributed by atoms with E-state index in [1.54, 1.807) is 17.0 Å². The van der Waals surface area contributed by atoms with Crippen LogP contribution in [0.3, 0.4) is 0 Å². The lowest BCUT2D eigenvalue weighted by molar-refractivity contribution is 0.0707. The first kappa shape index (κ1) is 29.7. The van der Waals surface area contributed by atoms with Crippen LogP contribution in [0.2, 0.25) is 0 Å². The number of carbonyl (C=O) groups excluding carboxylic acids is 2. The number of sulfonamides is 1. The normalized spacial score (nSPS) is 15.5. The average Bonchev–Trinajstić information content (AvgIpc) is 3.61. The Kier molecular flexibility index (Phi) is 7.84. The maximum absolute atomic E-state index is 13.7. The summed E-state index contributed by atoms with van der Waals surface area (Å²) in [5.41, 5.74) is 2.40. The van der Waals surface area contributed by atoms with Crippen molar-refractivity contribution in [2.75, 3.05) is 30.6 Å². The number of thiazole rings is 1. The summed E-state index contributed by atoms with van der Waals surface area (Å²) in [6.45, 7) is 2.27. The first-order valence-electron chi connectivity index (χ1n) is 14.0. The topological polar surface area (TPSA) is 122 Å². The largest absolute Gasteiger partial charge is 0.455 e. The molecule has 0 radical (unpaired) electrons.